The van der Waals surface area contributed by atoms with Crippen molar-refractivity contribution in [3.8, 4) is 0 Å². The summed E-state index contributed by atoms with van der Waals surface area (Å²) in [6.07, 6.45) is 2.95. The molecule has 1 aromatic carbocycles. The minimum Gasteiger partial charge on any atom is -0.381 e. The number of hydrogen-bond donors (Lipinski definition) is 1. The molecular formula is C15H19Cl2NO3S. The highest BCUT2D eigenvalue weighted by Crippen LogP contribution is 2.30. The molecule has 7 heteroatoms. The van der Waals surface area contributed by atoms with Crippen molar-refractivity contribution in [1.82, 2.24) is 4.72 Å². The lowest BCUT2D eigenvalue weighted by atomic mass is 9.93. The number of ether oxygens (including phenoxy) is 1. The average molecular weight is 364 g/mol. The first kappa shape index (κ1) is 16.5. The van der Waals surface area contributed by atoms with E-state index in [1.165, 1.54) is 0 Å². The zero-order chi connectivity index (χ0) is 15.7. The minimum atomic E-state index is -3.32. The molecule has 122 valence electrons. The number of halogens is 2. The molecular weight excluding hydrogens is 345 g/mol. The van der Waals surface area contributed by atoms with E-state index in [9.17, 15) is 8.42 Å². The molecule has 1 heterocycles. The summed E-state index contributed by atoms with van der Waals surface area (Å²) in [7, 11) is -3.32. The number of benzene rings is 1. The van der Waals surface area contributed by atoms with Crippen LogP contribution in [0.3, 0.4) is 0 Å². The summed E-state index contributed by atoms with van der Waals surface area (Å²) in [6.45, 7) is 0.912. The smallest absolute Gasteiger partial charge is 0.215 e. The average Bonchev–Trinajstić information content (AvgIpc) is 3.26. The maximum Gasteiger partial charge on any atom is 0.215 e. The largest absolute Gasteiger partial charge is 0.381 e. The second-order valence-electron chi connectivity index (χ2n) is 6.04. The molecule has 0 spiro atoms. The highest BCUT2D eigenvalue weighted by molar-refractivity contribution is 7.90. The van der Waals surface area contributed by atoms with Crippen molar-refractivity contribution in [2.75, 3.05) is 13.2 Å². The van der Waals surface area contributed by atoms with Crippen LogP contribution in [0.25, 0.3) is 0 Å². The van der Waals surface area contributed by atoms with E-state index >= 15 is 0 Å². The third-order valence-corrected chi connectivity index (χ3v) is 6.88. The van der Waals surface area contributed by atoms with Crippen molar-refractivity contribution in [2.45, 2.75) is 37.0 Å². The van der Waals surface area contributed by atoms with Crippen molar-refractivity contribution >= 4 is 33.2 Å². The maximum absolute atomic E-state index is 12.6. The first-order chi connectivity index (χ1) is 10.5. The van der Waals surface area contributed by atoms with E-state index in [4.69, 9.17) is 27.9 Å². The van der Waals surface area contributed by atoms with Crippen molar-refractivity contribution in [3.63, 3.8) is 0 Å². The van der Waals surface area contributed by atoms with Gasteiger partial charge in [-0.25, -0.2) is 13.1 Å². The van der Waals surface area contributed by atoms with Crippen LogP contribution in [0.5, 0.6) is 0 Å². The topological polar surface area (TPSA) is 55.4 Å². The summed E-state index contributed by atoms with van der Waals surface area (Å²) >= 11 is 12.2. The monoisotopic (exact) mass is 363 g/mol. The van der Waals surface area contributed by atoms with Crippen LogP contribution in [-0.2, 0) is 21.2 Å². The van der Waals surface area contributed by atoms with Gasteiger partial charge in [0.1, 0.15) is 0 Å². The molecule has 0 aromatic heterocycles. The molecule has 1 N–H and O–H groups in total. The Kier molecular flexibility index (Phi) is 5.00. The van der Waals surface area contributed by atoms with Gasteiger partial charge < -0.3 is 4.74 Å². The fourth-order valence-electron chi connectivity index (χ4n) is 2.88. The zero-order valence-electron chi connectivity index (χ0n) is 12.1. The first-order valence-electron chi connectivity index (χ1n) is 7.48. The molecule has 1 saturated heterocycles. The van der Waals surface area contributed by atoms with Gasteiger partial charge in [0.25, 0.3) is 0 Å². The van der Waals surface area contributed by atoms with Crippen LogP contribution in [0.1, 0.15) is 24.8 Å². The molecule has 0 unspecified atom stereocenters. The van der Waals surface area contributed by atoms with Gasteiger partial charge >= 0.3 is 0 Å². The SMILES string of the molecule is O=S(=O)(NC1CC1)[C@H]1CCOC[C@@H]1Cc1cc(Cl)ccc1Cl. The first-order valence-corrected chi connectivity index (χ1v) is 9.79. The van der Waals surface area contributed by atoms with Gasteiger partial charge in [-0.1, -0.05) is 23.2 Å². The zero-order valence-corrected chi connectivity index (χ0v) is 14.4. The number of sulfonamides is 1. The van der Waals surface area contributed by atoms with Crippen molar-refractivity contribution in [1.29, 1.82) is 0 Å². The van der Waals surface area contributed by atoms with Crippen LogP contribution in [-0.4, -0.2) is 32.9 Å². The molecule has 2 aliphatic rings. The summed E-state index contributed by atoms with van der Waals surface area (Å²) < 4.78 is 33.4. The fourth-order valence-corrected chi connectivity index (χ4v) is 5.23. The van der Waals surface area contributed by atoms with Gasteiger partial charge in [-0.05, 0) is 49.4 Å². The molecule has 4 nitrogen and oxygen atoms in total. The standard InChI is InChI=1S/C15H19Cl2NO3S/c16-12-1-4-14(17)10(8-12)7-11-9-21-6-5-15(11)22(19,20)18-13-2-3-13/h1,4,8,11,13,15,18H,2-3,5-7,9H2/t11-,15-/m0/s1. The predicted octanol–water partition coefficient (Wildman–Crippen LogP) is 3.02. The Bertz CT molecular complexity index is 646. The Balaban J connectivity index is 1.78. The molecule has 3 rings (SSSR count). The molecule has 1 saturated carbocycles. The highest BCUT2D eigenvalue weighted by Gasteiger charge is 2.39. The van der Waals surface area contributed by atoms with Crippen LogP contribution in [0.2, 0.25) is 10.0 Å². The van der Waals surface area contributed by atoms with Gasteiger partial charge in [-0.15, -0.1) is 0 Å². The van der Waals surface area contributed by atoms with Gasteiger partial charge in [0.15, 0.2) is 0 Å². The summed E-state index contributed by atoms with van der Waals surface area (Å²) in [4.78, 5) is 0. The second-order valence-corrected chi connectivity index (χ2v) is 8.81. The van der Waals surface area contributed by atoms with Gasteiger partial charge in [-0.2, -0.15) is 0 Å². The molecule has 1 aromatic rings. The minimum absolute atomic E-state index is 0.110. The lowest BCUT2D eigenvalue weighted by molar-refractivity contribution is 0.0570. The summed E-state index contributed by atoms with van der Waals surface area (Å²) in [5.74, 6) is -0.110. The van der Waals surface area contributed by atoms with Crippen LogP contribution in [0, 0.1) is 5.92 Å². The van der Waals surface area contributed by atoms with Gasteiger partial charge in [-0.3, -0.25) is 0 Å². The van der Waals surface area contributed by atoms with E-state index in [0.717, 1.165) is 18.4 Å². The third kappa shape index (κ3) is 3.95. The van der Waals surface area contributed by atoms with Gasteiger partial charge in [0.2, 0.25) is 10.0 Å². The lowest BCUT2D eigenvalue weighted by Gasteiger charge is -2.31. The van der Waals surface area contributed by atoms with E-state index in [2.05, 4.69) is 4.72 Å². The maximum atomic E-state index is 12.6. The fraction of sp³-hybridized carbons (Fsp3) is 0.600. The third-order valence-electron chi connectivity index (χ3n) is 4.20. The Labute approximate surface area is 141 Å². The molecule has 2 fully saturated rings. The number of hydrogen-bond acceptors (Lipinski definition) is 3. The number of nitrogens with one attached hydrogen (secondary N) is 1. The Morgan fingerprint density at radius 3 is 2.73 bits per heavy atom. The lowest BCUT2D eigenvalue weighted by Crippen LogP contribution is -2.45. The van der Waals surface area contributed by atoms with E-state index in [1.807, 2.05) is 0 Å². The molecule has 2 atom stereocenters. The molecule has 0 amide bonds. The molecule has 1 aliphatic carbocycles. The van der Waals surface area contributed by atoms with E-state index in [0.29, 0.717) is 36.1 Å². The number of rotatable bonds is 5. The summed E-state index contributed by atoms with van der Waals surface area (Å²) in [6, 6.07) is 5.40. The van der Waals surface area contributed by atoms with Gasteiger partial charge in [0, 0.05) is 28.6 Å². The Morgan fingerprint density at radius 1 is 1.23 bits per heavy atom. The summed E-state index contributed by atoms with van der Waals surface area (Å²) in [5.41, 5.74) is 0.872. The quantitative estimate of drug-likeness (QED) is 0.874. The van der Waals surface area contributed by atoms with Crippen LogP contribution in [0.4, 0.5) is 0 Å². The highest BCUT2D eigenvalue weighted by atomic mass is 35.5. The van der Waals surface area contributed by atoms with E-state index in [-0.39, 0.29) is 12.0 Å². The van der Waals surface area contributed by atoms with Crippen molar-refractivity contribution in [2.24, 2.45) is 5.92 Å². The molecule has 0 radical (unpaired) electrons. The molecule has 1 aliphatic heterocycles. The van der Waals surface area contributed by atoms with Gasteiger partial charge in [0.05, 0.1) is 11.9 Å². The predicted molar refractivity (Wildman–Crippen MR) is 88.0 cm³/mol. The van der Waals surface area contributed by atoms with Crippen LogP contribution >= 0.6 is 23.2 Å². The van der Waals surface area contributed by atoms with Crippen LogP contribution < -0.4 is 4.72 Å². The molecule has 22 heavy (non-hydrogen) atoms. The second kappa shape index (κ2) is 6.65. The van der Waals surface area contributed by atoms with Crippen LogP contribution in [0.15, 0.2) is 18.2 Å². The Morgan fingerprint density at radius 2 is 2.00 bits per heavy atom. The van der Waals surface area contributed by atoms with Crippen molar-refractivity contribution in [3.05, 3.63) is 33.8 Å². The van der Waals surface area contributed by atoms with E-state index in [1.54, 1.807) is 18.2 Å². The van der Waals surface area contributed by atoms with E-state index < -0.39 is 15.3 Å². The molecule has 0 bridgehead atoms. The summed E-state index contributed by atoms with van der Waals surface area (Å²) in [5, 5.41) is 0.782. The normalized spacial score (nSPS) is 26.1. The Hall–Kier alpha value is -0.330. The van der Waals surface area contributed by atoms with Crippen molar-refractivity contribution < 1.29 is 13.2 Å².